The van der Waals surface area contributed by atoms with Crippen LogP contribution in [0.15, 0.2) is 83.6 Å². The smallest absolute Gasteiger partial charge is 0.368 e. The van der Waals surface area contributed by atoms with E-state index in [-0.39, 0.29) is 29.8 Å². The number of allylic oxidation sites excluding steroid dienone is 4. The van der Waals surface area contributed by atoms with Crippen LogP contribution in [-0.2, 0) is 4.79 Å². The molecule has 0 saturated carbocycles. The van der Waals surface area contributed by atoms with Gasteiger partial charge in [-0.1, -0.05) is 36.9 Å². The minimum Gasteiger partial charge on any atom is -0.368 e. The minimum atomic E-state index is -6.40. The number of alkyl halides is 7. The third kappa shape index (κ3) is 7.12. The molecule has 0 heterocycles. The lowest BCUT2D eigenvalue weighted by molar-refractivity contribution is -0.326. The van der Waals surface area contributed by atoms with Gasteiger partial charge in [-0.25, -0.2) is 8.78 Å². The quantitative estimate of drug-likeness (QED) is 0.253. The Labute approximate surface area is 241 Å². The van der Waals surface area contributed by atoms with Crippen molar-refractivity contribution in [3.05, 3.63) is 101 Å². The van der Waals surface area contributed by atoms with Crippen molar-refractivity contribution < 1.29 is 49.5 Å². The number of hydrogen-bond donors (Lipinski definition) is 1. The molecule has 0 saturated heterocycles. The van der Waals surface area contributed by atoms with Crippen LogP contribution in [0.5, 0.6) is 0 Å². The molecule has 0 aliphatic rings. The predicted octanol–water partition coefficient (Wildman–Crippen LogP) is 6.66. The molecule has 0 atom stereocenters. The summed E-state index contributed by atoms with van der Waals surface area (Å²) in [5, 5.41) is 0. The summed E-state index contributed by atoms with van der Waals surface area (Å²) in [6, 6.07) is 11.1. The van der Waals surface area contributed by atoms with Crippen molar-refractivity contribution >= 4 is 23.4 Å². The molecule has 0 bridgehead atoms. The van der Waals surface area contributed by atoms with Gasteiger partial charge >= 0.3 is 18.0 Å². The van der Waals surface area contributed by atoms with E-state index >= 15 is 4.39 Å². The molecule has 0 fully saturated rings. The van der Waals surface area contributed by atoms with E-state index in [4.69, 9.17) is 5.73 Å². The maximum Gasteiger partial charge on any atom is 0.435 e. The predicted molar refractivity (Wildman–Crippen MR) is 143 cm³/mol. The molecule has 3 amide bonds. The Bertz CT molecular complexity index is 1460. The van der Waals surface area contributed by atoms with E-state index in [0.717, 1.165) is 17.9 Å². The average Bonchev–Trinajstić information content (AvgIpc) is 2.89. The van der Waals surface area contributed by atoms with E-state index in [1.807, 2.05) is 0 Å². The van der Waals surface area contributed by atoms with Crippen LogP contribution in [0.25, 0.3) is 0 Å². The summed E-state index contributed by atoms with van der Waals surface area (Å²) in [5.41, 5.74) is -4.50. The van der Waals surface area contributed by atoms with Gasteiger partial charge in [-0.3, -0.25) is 19.3 Å². The topological polar surface area (TPSA) is 83.7 Å². The van der Waals surface area contributed by atoms with Gasteiger partial charge in [0.2, 0.25) is 5.91 Å². The Morgan fingerprint density at radius 3 is 1.86 bits per heavy atom. The van der Waals surface area contributed by atoms with Crippen molar-refractivity contribution in [2.75, 3.05) is 18.5 Å². The van der Waals surface area contributed by atoms with Gasteiger partial charge in [0.05, 0.1) is 11.3 Å². The molecule has 0 aliphatic heterocycles. The number of carbonyl (C=O) groups excluding carboxylic acids is 3. The van der Waals surface area contributed by atoms with E-state index in [2.05, 4.69) is 6.58 Å². The lowest BCUT2D eigenvalue weighted by atomic mass is 9.92. The van der Waals surface area contributed by atoms with Gasteiger partial charge in [-0.15, -0.1) is 0 Å². The van der Waals surface area contributed by atoms with Crippen LogP contribution in [0.3, 0.4) is 0 Å². The molecule has 6 nitrogen and oxygen atoms in total. The Morgan fingerprint density at radius 2 is 1.40 bits per heavy atom. The lowest BCUT2D eigenvalue weighted by Gasteiger charge is -2.31. The molecular formula is C29H27F8N3O3. The Hall–Kier alpha value is -4.49. The second-order valence-electron chi connectivity index (χ2n) is 9.52. The van der Waals surface area contributed by atoms with Gasteiger partial charge in [0.25, 0.3) is 11.8 Å². The molecule has 43 heavy (non-hydrogen) atoms. The highest BCUT2D eigenvalue weighted by Gasteiger charge is 2.73. The normalized spacial score (nSPS) is 13.3. The Balaban J connectivity index is 2.73. The van der Waals surface area contributed by atoms with Gasteiger partial charge in [-0.2, -0.15) is 26.3 Å². The number of anilines is 1. The zero-order valence-electron chi connectivity index (χ0n) is 23.3. The maximum absolute atomic E-state index is 15.7. The van der Waals surface area contributed by atoms with E-state index in [9.17, 15) is 45.1 Å². The van der Waals surface area contributed by atoms with Crippen LogP contribution in [0.4, 0.5) is 40.8 Å². The number of rotatable bonds is 9. The molecule has 2 aromatic rings. The fraction of sp³-hybridized carbons (Fsp3) is 0.276. The number of amides is 3. The second-order valence-corrected chi connectivity index (χ2v) is 9.52. The first-order valence-corrected chi connectivity index (χ1v) is 12.3. The first kappa shape index (κ1) is 34.7. The minimum absolute atomic E-state index is 0.174. The standard InChI is InChI=1S/C29H27F8N3O3/c1-16(2)24(17(3)14-18(4)27(31,28(32,33)34)29(35,36)37)40(15-22(38)41)26(43)20-12-9-13-21(23(20)30)39(5)25(42)19-10-7-6-8-11-19/h6-14H,1,15H2,2-5H3,(H2,38,41)/b18-14+,24-17+. The van der Waals surface area contributed by atoms with Crippen LogP contribution in [0.1, 0.15) is 41.5 Å². The molecule has 232 valence electrons. The summed E-state index contributed by atoms with van der Waals surface area (Å²) in [7, 11) is 1.23. The lowest BCUT2D eigenvalue weighted by Crippen LogP contribution is -2.54. The third-order valence-electron chi connectivity index (χ3n) is 6.26. The summed E-state index contributed by atoms with van der Waals surface area (Å²) in [5.74, 6) is -4.39. The van der Waals surface area contributed by atoms with E-state index in [1.54, 1.807) is 18.2 Å². The molecule has 2 rings (SSSR count). The summed E-state index contributed by atoms with van der Waals surface area (Å²) in [4.78, 5) is 39.8. The van der Waals surface area contributed by atoms with E-state index in [1.165, 1.54) is 38.2 Å². The van der Waals surface area contributed by atoms with Gasteiger partial charge < -0.3 is 10.6 Å². The molecule has 0 spiro atoms. The van der Waals surface area contributed by atoms with Crippen LogP contribution in [0.2, 0.25) is 0 Å². The monoisotopic (exact) mass is 617 g/mol. The van der Waals surface area contributed by atoms with Crippen LogP contribution in [-0.4, -0.2) is 54.2 Å². The van der Waals surface area contributed by atoms with Gasteiger partial charge in [0, 0.05) is 18.3 Å². The zero-order chi connectivity index (χ0) is 33.1. The van der Waals surface area contributed by atoms with Gasteiger partial charge in [-0.05, 0) is 61.8 Å². The van der Waals surface area contributed by atoms with Crippen LogP contribution in [0, 0.1) is 5.82 Å². The first-order chi connectivity index (χ1) is 19.7. The molecule has 0 unspecified atom stereocenters. The number of benzene rings is 2. The number of nitrogens with zero attached hydrogens (tertiary/aromatic N) is 2. The van der Waals surface area contributed by atoms with Crippen LogP contribution < -0.4 is 10.6 Å². The summed E-state index contributed by atoms with van der Waals surface area (Å²) < 4.78 is 110. The van der Waals surface area contributed by atoms with Crippen molar-refractivity contribution in [2.45, 2.75) is 38.8 Å². The third-order valence-corrected chi connectivity index (χ3v) is 6.26. The first-order valence-electron chi connectivity index (χ1n) is 12.3. The highest BCUT2D eigenvalue weighted by molar-refractivity contribution is 6.07. The summed E-state index contributed by atoms with van der Waals surface area (Å²) >= 11 is 0. The largest absolute Gasteiger partial charge is 0.435 e. The SMILES string of the molecule is C=C(C)/C(=C(C)\C=C(/C)C(F)(C(F)(F)F)C(F)(F)F)N(CC(N)=O)C(=O)c1cccc(N(C)C(=O)c2ccccc2)c1F. The highest BCUT2D eigenvalue weighted by atomic mass is 19.4. The molecular weight excluding hydrogens is 590 g/mol. The van der Waals surface area contributed by atoms with Crippen molar-refractivity contribution in [1.82, 2.24) is 4.90 Å². The number of primary amides is 1. The zero-order valence-corrected chi connectivity index (χ0v) is 23.3. The van der Waals surface area contributed by atoms with Crippen molar-refractivity contribution in [1.29, 1.82) is 0 Å². The summed E-state index contributed by atoms with van der Waals surface area (Å²) in [6.07, 6.45) is -12.6. The van der Waals surface area contributed by atoms with Gasteiger partial charge in [0.1, 0.15) is 6.54 Å². The number of nitrogens with two attached hydrogens (primary N) is 1. The molecule has 14 heteroatoms. The van der Waals surface area contributed by atoms with E-state index in [0.29, 0.717) is 4.90 Å². The fourth-order valence-electron chi connectivity index (χ4n) is 4.26. The molecule has 0 aliphatic carbocycles. The number of carbonyl (C=O) groups is 3. The molecule has 2 aromatic carbocycles. The molecule has 2 N–H and O–H groups in total. The Morgan fingerprint density at radius 1 is 0.860 bits per heavy atom. The average molecular weight is 618 g/mol. The van der Waals surface area contributed by atoms with Gasteiger partial charge in [0.15, 0.2) is 5.82 Å². The van der Waals surface area contributed by atoms with Crippen molar-refractivity contribution in [2.24, 2.45) is 5.73 Å². The highest BCUT2D eigenvalue weighted by Crippen LogP contribution is 2.50. The Kier molecular flexibility index (Phi) is 10.3. The van der Waals surface area contributed by atoms with Crippen molar-refractivity contribution in [3.63, 3.8) is 0 Å². The molecule has 0 aromatic heterocycles. The van der Waals surface area contributed by atoms with E-state index < -0.39 is 70.5 Å². The van der Waals surface area contributed by atoms with Crippen molar-refractivity contribution in [3.8, 4) is 0 Å². The van der Waals surface area contributed by atoms with Crippen LogP contribution >= 0.6 is 0 Å². The number of halogens is 8. The fourth-order valence-corrected chi connectivity index (χ4v) is 4.26. The maximum atomic E-state index is 15.7. The number of hydrogen-bond acceptors (Lipinski definition) is 3. The second kappa shape index (κ2) is 12.8. The molecule has 0 radical (unpaired) electrons. The summed E-state index contributed by atoms with van der Waals surface area (Å²) in [6.45, 7) is 4.93.